The van der Waals surface area contributed by atoms with Gasteiger partial charge in [-0.25, -0.2) is 4.98 Å². The molecular weight excluding hydrogens is 246 g/mol. The summed E-state index contributed by atoms with van der Waals surface area (Å²) in [6, 6.07) is 3.60. The topological polar surface area (TPSA) is 28.2 Å². The minimum Gasteiger partial charge on any atom is -0.350 e. The van der Waals surface area contributed by atoms with Crippen molar-refractivity contribution in [1.29, 1.82) is 0 Å². The van der Waals surface area contributed by atoms with Crippen LogP contribution in [0.2, 0.25) is 0 Å². The van der Waals surface area contributed by atoms with Gasteiger partial charge in [0.05, 0.1) is 0 Å². The van der Waals surface area contributed by atoms with Crippen molar-refractivity contribution in [2.75, 3.05) is 11.4 Å². The van der Waals surface area contributed by atoms with Crippen LogP contribution in [0, 0.1) is 13.8 Å². The Morgan fingerprint density at radius 3 is 2.70 bits per heavy atom. The molecule has 0 saturated heterocycles. The summed E-state index contributed by atoms with van der Waals surface area (Å²) >= 11 is 0. The maximum absolute atomic E-state index is 4.85. The summed E-state index contributed by atoms with van der Waals surface area (Å²) < 4.78 is 0. The van der Waals surface area contributed by atoms with E-state index in [1.54, 1.807) is 0 Å². The largest absolute Gasteiger partial charge is 0.350 e. The second-order valence-corrected chi connectivity index (χ2v) is 6.21. The third-order valence-corrected chi connectivity index (χ3v) is 4.18. The third-order valence-electron chi connectivity index (χ3n) is 4.18. The molecule has 0 amide bonds. The molecule has 0 unspecified atom stereocenters. The van der Waals surface area contributed by atoms with Crippen LogP contribution in [0.4, 0.5) is 5.82 Å². The Kier molecular flexibility index (Phi) is 3.79. The molecular formula is C17H25N3. The van der Waals surface area contributed by atoms with Crippen LogP contribution in [0.15, 0.2) is 18.7 Å². The van der Waals surface area contributed by atoms with Gasteiger partial charge in [-0.15, -0.1) is 6.58 Å². The molecule has 3 heteroatoms. The van der Waals surface area contributed by atoms with Crippen molar-refractivity contribution in [2.24, 2.45) is 0 Å². The molecule has 108 valence electrons. The van der Waals surface area contributed by atoms with Crippen molar-refractivity contribution in [1.82, 2.24) is 10.3 Å². The highest BCUT2D eigenvalue weighted by Crippen LogP contribution is 2.34. The second-order valence-electron chi connectivity index (χ2n) is 6.21. The van der Waals surface area contributed by atoms with Gasteiger partial charge in [-0.05, 0) is 51.2 Å². The first kappa shape index (κ1) is 13.6. The Hall–Kier alpha value is -1.35. The number of anilines is 1. The first-order chi connectivity index (χ1) is 9.69. The Balaban J connectivity index is 1.89. The lowest BCUT2D eigenvalue weighted by Crippen LogP contribution is -2.29. The number of aryl methyl sites for hydroxylation is 2. The maximum Gasteiger partial charge on any atom is 0.134 e. The molecule has 2 saturated carbocycles. The zero-order valence-electron chi connectivity index (χ0n) is 12.7. The average Bonchev–Trinajstić information content (AvgIpc) is 3.26. The molecule has 3 nitrogen and oxygen atoms in total. The second kappa shape index (κ2) is 5.57. The van der Waals surface area contributed by atoms with Crippen LogP contribution in [-0.2, 0) is 6.54 Å². The van der Waals surface area contributed by atoms with Gasteiger partial charge in [-0.3, -0.25) is 0 Å². The van der Waals surface area contributed by atoms with Crippen molar-refractivity contribution in [2.45, 2.75) is 58.2 Å². The Bertz CT molecular complexity index is 501. The minimum atomic E-state index is 0.668. The van der Waals surface area contributed by atoms with Crippen LogP contribution in [0.3, 0.4) is 0 Å². The van der Waals surface area contributed by atoms with Gasteiger partial charge < -0.3 is 10.2 Å². The summed E-state index contributed by atoms with van der Waals surface area (Å²) in [7, 11) is 0. The molecule has 2 fully saturated rings. The van der Waals surface area contributed by atoms with Crippen molar-refractivity contribution in [3.63, 3.8) is 0 Å². The molecule has 3 rings (SSSR count). The number of nitrogens with one attached hydrogen (secondary N) is 1. The number of aromatic nitrogens is 1. The van der Waals surface area contributed by atoms with Crippen LogP contribution in [-0.4, -0.2) is 23.6 Å². The quantitative estimate of drug-likeness (QED) is 0.772. The number of pyridine rings is 1. The van der Waals surface area contributed by atoms with Gasteiger partial charge in [0, 0.05) is 36.4 Å². The Labute approximate surface area is 122 Å². The van der Waals surface area contributed by atoms with Crippen molar-refractivity contribution >= 4 is 5.82 Å². The standard InChI is InChI=1S/C17H25N3/c1-4-9-20(15-7-8-15)17-16(11-18-14-5-6-14)12(2)10-13(3)19-17/h4,10,14-15,18H,1,5-9,11H2,2-3H3. The van der Waals surface area contributed by atoms with Crippen LogP contribution in [0.1, 0.15) is 42.5 Å². The average molecular weight is 271 g/mol. The van der Waals surface area contributed by atoms with Gasteiger partial charge in [0.25, 0.3) is 0 Å². The van der Waals surface area contributed by atoms with E-state index in [4.69, 9.17) is 4.98 Å². The van der Waals surface area contributed by atoms with Gasteiger partial charge in [0.2, 0.25) is 0 Å². The number of hydrogen-bond acceptors (Lipinski definition) is 3. The normalized spacial score (nSPS) is 18.1. The molecule has 0 spiro atoms. The molecule has 0 radical (unpaired) electrons. The first-order valence-corrected chi connectivity index (χ1v) is 7.77. The summed E-state index contributed by atoms with van der Waals surface area (Å²) in [5.41, 5.74) is 3.84. The molecule has 0 aromatic carbocycles. The lowest BCUT2D eigenvalue weighted by atomic mass is 10.1. The van der Waals surface area contributed by atoms with Crippen LogP contribution in [0.25, 0.3) is 0 Å². The van der Waals surface area contributed by atoms with Gasteiger partial charge >= 0.3 is 0 Å². The molecule has 20 heavy (non-hydrogen) atoms. The van der Waals surface area contributed by atoms with E-state index in [1.807, 2.05) is 6.08 Å². The summed E-state index contributed by atoms with van der Waals surface area (Å²) in [6.45, 7) is 10.1. The smallest absolute Gasteiger partial charge is 0.134 e. The number of hydrogen-bond donors (Lipinski definition) is 1. The first-order valence-electron chi connectivity index (χ1n) is 7.77. The zero-order chi connectivity index (χ0) is 14.1. The van der Waals surface area contributed by atoms with Gasteiger partial charge in [0.15, 0.2) is 0 Å². The maximum atomic E-state index is 4.85. The van der Waals surface area contributed by atoms with E-state index in [0.717, 1.165) is 24.8 Å². The van der Waals surface area contributed by atoms with Gasteiger partial charge in [-0.2, -0.15) is 0 Å². The SMILES string of the molecule is C=CCN(c1nc(C)cc(C)c1CNC1CC1)C1CC1. The minimum absolute atomic E-state index is 0.668. The fourth-order valence-corrected chi connectivity index (χ4v) is 2.77. The Morgan fingerprint density at radius 1 is 1.35 bits per heavy atom. The van der Waals surface area contributed by atoms with E-state index in [-0.39, 0.29) is 0 Å². The highest BCUT2D eigenvalue weighted by atomic mass is 15.2. The van der Waals surface area contributed by atoms with E-state index in [2.05, 4.69) is 36.7 Å². The highest BCUT2D eigenvalue weighted by Gasteiger charge is 2.31. The van der Waals surface area contributed by atoms with Crippen LogP contribution < -0.4 is 10.2 Å². The summed E-state index contributed by atoms with van der Waals surface area (Å²) in [5, 5.41) is 3.64. The molecule has 1 heterocycles. The van der Waals surface area contributed by atoms with E-state index >= 15 is 0 Å². The van der Waals surface area contributed by atoms with E-state index in [9.17, 15) is 0 Å². The summed E-state index contributed by atoms with van der Waals surface area (Å²) in [6.07, 6.45) is 7.23. The third kappa shape index (κ3) is 3.04. The number of nitrogens with zero attached hydrogens (tertiary/aromatic N) is 2. The number of rotatable bonds is 7. The Morgan fingerprint density at radius 2 is 2.10 bits per heavy atom. The van der Waals surface area contributed by atoms with Crippen molar-refractivity contribution in [3.8, 4) is 0 Å². The fraction of sp³-hybridized carbons (Fsp3) is 0.588. The van der Waals surface area contributed by atoms with Crippen molar-refractivity contribution < 1.29 is 0 Å². The molecule has 0 aliphatic heterocycles. The molecule has 2 aliphatic carbocycles. The van der Waals surface area contributed by atoms with Crippen LogP contribution >= 0.6 is 0 Å². The van der Waals surface area contributed by atoms with E-state index in [0.29, 0.717) is 6.04 Å². The van der Waals surface area contributed by atoms with Gasteiger partial charge in [0.1, 0.15) is 5.82 Å². The predicted octanol–water partition coefficient (Wildman–Crippen LogP) is 3.11. The zero-order valence-corrected chi connectivity index (χ0v) is 12.7. The molecule has 1 aromatic heterocycles. The molecule has 1 aromatic rings. The highest BCUT2D eigenvalue weighted by molar-refractivity contribution is 5.53. The fourth-order valence-electron chi connectivity index (χ4n) is 2.77. The monoisotopic (exact) mass is 271 g/mol. The molecule has 0 atom stereocenters. The van der Waals surface area contributed by atoms with Gasteiger partial charge in [-0.1, -0.05) is 6.08 Å². The predicted molar refractivity (Wildman–Crippen MR) is 84.1 cm³/mol. The van der Waals surface area contributed by atoms with E-state index < -0.39 is 0 Å². The lowest BCUT2D eigenvalue weighted by Gasteiger charge is -2.26. The molecule has 1 N–H and O–H groups in total. The lowest BCUT2D eigenvalue weighted by molar-refractivity contribution is 0.677. The van der Waals surface area contributed by atoms with Crippen molar-refractivity contribution in [3.05, 3.63) is 35.5 Å². The molecule has 0 bridgehead atoms. The summed E-state index contributed by atoms with van der Waals surface area (Å²) in [4.78, 5) is 7.29. The van der Waals surface area contributed by atoms with E-state index in [1.165, 1.54) is 42.6 Å². The van der Waals surface area contributed by atoms with Crippen LogP contribution in [0.5, 0.6) is 0 Å². The molecule has 2 aliphatic rings. The summed E-state index contributed by atoms with van der Waals surface area (Å²) in [5.74, 6) is 1.18.